The molecule has 0 unspecified atom stereocenters. The van der Waals surface area contributed by atoms with E-state index in [0.717, 1.165) is 45.1 Å². The van der Waals surface area contributed by atoms with E-state index in [1.807, 2.05) is 5.51 Å². The predicted molar refractivity (Wildman–Crippen MR) is 70.4 cm³/mol. The highest BCUT2D eigenvalue weighted by molar-refractivity contribution is 7.09. The molecule has 0 aliphatic carbocycles. The van der Waals surface area contributed by atoms with Crippen LogP contribution in [0, 0.1) is 6.92 Å². The second kappa shape index (κ2) is 7.06. The van der Waals surface area contributed by atoms with Crippen molar-refractivity contribution >= 4 is 11.3 Å². The topological polar surface area (TPSA) is 37.4 Å². The molecular weight excluding hydrogens is 234 g/mol. The zero-order valence-corrected chi connectivity index (χ0v) is 11.3. The third-order valence-corrected chi connectivity index (χ3v) is 4.00. The summed E-state index contributed by atoms with van der Waals surface area (Å²) in [6.45, 7) is 9.26. The summed E-state index contributed by atoms with van der Waals surface area (Å²) in [5.41, 5.74) is 3.08. The fourth-order valence-corrected chi connectivity index (χ4v) is 2.70. The van der Waals surface area contributed by atoms with Crippen LogP contribution < -0.4 is 5.32 Å². The Morgan fingerprint density at radius 3 is 3.00 bits per heavy atom. The minimum absolute atomic E-state index is 0.896. The normalized spacial score (nSPS) is 17.5. The van der Waals surface area contributed by atoms with E-state index in [-0.39, 0.29) is 0 Å². The predicted octanol–water partition coefficient (Wildman–Crippen LogP) is 1.26. The average molecular weight is 255 g/mol. The lowest BCUT2D eigenvalue weighted by Crippen LogP contribution is -2.37. The van der Waals surface area contributed by atoms with Gasteiger partial charge in [-0.1, -0.05) is 0 Å². The Hall–Kier alpha value is -0.490. The van der Waals surface area contributed by atoms with Crippen molar-refractivity contribution in [3.63, 3.8) is 0 Å². The largest absolute Gasteiger partial charge is 0.379 e. The summed E-state index contributed by atoms with van der Waals surface area (Å²) in [7, 11) is 0. The van der Waals surface area contributed by atoms with Gasteiger partial charge >= 0.3 is 0 Å². The van der Waals surface area contributed by atoms with Crippen LogP contribution in [0.15, 0.2) is 5.51 Å². The van der Waals surface area contributed by atoms with Crippen molar-refractivity contribution in [3.05, 3.63) is 16.1 Å². The molecule has 1 aliphatic heterocycles. The van der Waals surface area contributed by atoms with Crippen LogP contribution in [0.1, 0.15) is 17.0 Å². The molecule has 1 fully saturated rings. The molecule has 2 heterocycles. The third kappa shape index (κ3) is 4.35. The average Bonchev–Trinajstić information content (AvgIpc) is 2.76. The lowest BCUT2D eigenvalue weighted by atomic mass is 10.3. The highest BCUT2D eigenvalue weighted by atomic mass is 32.1. The van der Waals surface area contributed by atoms with Crippen LogP contribution in [-0.2, 0) is 11.3 Å². The van der Waals surface area contributed by atoms with Gasteiger partial charge in [0, 0.05) is 24.5 Å². The van der Waals surface area contributed by atoms with Gasteiger partial charge in [-0.05, 0) is 26.4 Å². The maximum atomic E-state index is 5.33. The van der Waals surface area contributed by atoms with Gasteiger partial charge in [0.25, 0.3) is 0 Å². The maximum absolute atomic E-state index is 5.33. The first kappa shape index (κ1) is 13.0. The van der Waals surface area contributed by atoms with E-state index in [1.54, 1.807) is 11.3 Å². The van der Waals surface area contributed by atoms with Crippen molar-refractivity contribution in [2.24, 2.45) is 0 Å². The van der Waals surface area contributed by atoms with Crippen molar-refractivity contribution in [1.29, 1.82) is 0 Å². The van der Waals surface area contributed by atoms with E-state index >= 15 is 0 Å². The summed E-state index contributed by atoms with van der Waals surface area (Å²) in [4.78, 5) is 8.08. The highest BCUT2D eigenvalue weighted by Crippen LogP contribution is 2.10. The van der Waals surface area contributed by atoms with Gasteiger partial charge in [-0.2, -0.15) is 0 Å². The molecule has 0 radical (unpaired) electrons. The maximum Gasteiger partial charge on any atom is 0.0798 e. The Bertz CT molecular complexity index is 323. The highest BCUT2D eigenvalue weighted by Gasteiger charge is 2.09. The zero-order chi connectivity index (χ0) is 11.9. The molecule has 5 heteroatoms. The van der Waals surface area contributed by atoms with Gasteiger partial charge in [-0.15, -0.1) is 11.3 Å². The van der Waals surface area contributed by atoms with Crippen LogP contribution in [0.2, 0.25) is 0 Å². The van der Waals surface area contributed by atoms with E-state index in [0.29, 0.717) is 0 Å². The molecule has 0 spiro atoms. The standard InChI is InChI=1S/C12H21N3OS/c1-11-12(17-10-14-11)9-13-3-2-4-15-5-7-16-8-6-15/h10,13H,2-9H2,1H3. The quantitative estimate of drug-likeness (QED) is 0.777. The monoisotopic (exact) mass is 255 g/mol. The van der Waals surface area contributed by atoms with Gasteiger partial charge in [0.15, 0.2) is 0 Å². The Balaban J connectivity index is 1.53. The number of thiazole rings is 1. The fourth-order valence-electron chi connectivity index (χ4n) is 1.95. The molecule has 17 heavy (non-hydrogen) atoms. The third-order valence-electron chi connectivity index (χ3n) is 3.06. The number of rotatable bonds is 6. The number of hydrogen-bond acceptors (Lipinski definition) is 5. The number of aryl methyl sites for hydroxylation is 1. The first-order chi connectivity index (χ1) is 8.36. The van der Waals surface area contributed by atoms with Gasteiger partial charge in [-0.25, -0.2) is 4.98 Å². The number of nitrogens with one attached hydrogen (secondary N) is 1. The Morgan fingerprint density at radius 2 is 2.29 bits per heavy atom. The van der Waals surface area contributed by atoms with E-state index in [2.05, 4.69) is 22.1 Å². The van der Waals surface area contributed by atoms with Crippen LogP contribution in [0.4, 0.5) is 0 Å². The minimum atomic E-state index is 0.896. The molecule has 1 saturated heterocycles. The van der Waals surface area contributed by atoms with E-state index < -0.39 is 0 Å². The number of morpholine rings is 1. The summed E-state index contributed by atoms with van der Waals surface area (Å²) in [5.74, 6) is 0. The molecule has 0 aromatic carbocycles. The SMILES string of the molecule is Cc1ncsc1CNCCCN1CCOCC1. The lowest BCUT2D eigenvalue weighted by molar-refractivity contribution is 0.0374. The number of aromatic nitrogens is 1. The van der Waals surface area contributed by atoms with E-state index in [9.17, 15) is 0 Å². The second-order valence-corrected chi connectivity index (χ2v) is 5.28. The van der Waals surface area contributed by atoms with E-state index in [1.165, 1.54) is 17.8 Å². The van der Waals surface area contributed by atoms with Gasteiger partial charge in [0.2, 0.25) is 0 Å². The molecule has 0 amide bonds. The van der Waals surface area contributed by atoms with Gasteiger partial charge in [0.1, 0.15) is 0 Å². The molecule has 2 rings (SSSR count). The molecule has 0 bridgehead atoms. The van der Waals surface area contributed by atoms with Crippen LogP contribution >= 0.6 is 11.3 Å². The molecule has 96 valence electrons. The zero-order valence-electron chi connectivity index (χ0n) is 10.4. The summed E-state index contributed by atoms with van der Waals surface area (Å²) in [5, 5.41) is 3.48. The summed E-state index contributed by atoms with van der Waals surface area (Å²) in [6, 6.07) is 0. The van der Waals surface area contributed by atoms with Crippen LogP contribution in [-0.4, -0.2) is 49.3 Å². The lowest BCUT2D eigenvalue weighted by Gasteiger charge is -2.26. The van der Waals surface area contributed by atoms with Gasteiger partial charge in [-0.3, -0.25) is 4.90 Å². The summed E-state index contributed by atoms with van der Waals surface area (Å²) in [6.07, 6.45) is 1.21. The Kier molecular flexibility index (Phi) is 5.38. The van der Waals surface area contributed by atoms with Crippen molar-refractivity contribution < 1.29 is 4.74 Å². The number of nitrogens with zero attached hydrogens (tertiary/aromatic N) is 2. The van der Waals surface area contributed by atoms with Crippen molar-refractivity contribution in [2.45, 2.75) is 19.9 Å². The second-order valence-electron chi connectivity index (χ2n) is 4.35. The van der Waals surface area contributed by atoms with Gasteiger partial charge in [0.05, 0.1) is 24.4 Å². The smallest absolute Gasteiger partial charge is 0.0798 e. The molecule has 1 aromatic heterocycles. The van der Waals surface area contributed by atoms with Crippen LogP contribution in [0.3, 0.4) is 0 Å². The number of ether oxygens (including phenoxy) is 1. The van der Waals surface area contributed by atoms with Crippen LogP contribution in [0.5, 0.6) is 0 Å². The fraction of sp³-hybridized carbons (Fsp3) is 0.750. The van der Waals surface area contributed by atoms with E-state index in [4.69, 9.17) is 4.74 Å². The van der Waals surface area contributed by atoms with Gasteiger partial charge < -0.3 is 10.1 Å². The molecule has 4 nitrogen and oxygen atoms in total. The first-order valence-corrected chi connectivity index (χ1v) is 7.14. The summed E-state index contributed by atoms with van der Waals surface area (Å²) >= 11 is 1.74. The Morgan fingerprint density at radius 1 is 1.47 bits per heavy atom. The Labute approximate surface area is 107 Å². The molecular formula is C12H21N3OS. The summed E-state index contributed by atoms with van der Waals surface area (Å²) < 4.78 is 5.33. The molecule has 0 saturated carbocycles. The number of hydrogen-bond donors (Lipinski definition) is 1. The first-order valence-electron chi connectivity index (χ1n) is 6.26. The molecule has 1 N–H and O–H groups in total. The molecule has 1 aromatic rings. The van der Waals surface area contributed by atoms with Crippen LogP contribution in [0.25, 0.3) is 0 Å². The van der Waals surface area contributed by atoms with Crippen molar-refractivity contribution in [3.8, 4) is 0 Å². The minimum Gasteiger partial charge on any atom is -0.379 e. The molecule has 1 aliphatic rings. The van der Waals surface area contributed by atoms with Crippen molar-refractivity contribution in [2.75, 3.05) is 39.4 Å². The van der Waals surface area contributed by atoms with Crippen molar-refractivity contribution in [1.82, 2.24) is 15.2 Å². The molecule has 0 atom stereocenters.